The van der Waals surface area contributed by atoms with Crippen LogP contribution < -0.4 is 10.1 Å². The quantitative estimate of drug-likeness (QED) is 0.867. The number of carboxylic acid groups (broad SMARTS) is 1. The normalized spacial score (nSPS) is 22.3. The Kier molecular flexibility index (Phi) is 4.84. The number of rotatable bonds is 5. The van der Waals surface area contributed by atoms with Gasteiger partial charge < -0.3 is 19.9 Å². The Morgan fingerprint density at radius 2 is 2.05 bits per heavy atom. The predicted molar refractivity (Wildman–Crippen MR) is 76.6 cm³/mol. The third kappa shape index (κ3) is 3.22. The first-order valence-electron chi connectivity index (χ1n) is 6.86. The average Bonchev–Trinajstić information content (AvgIpc) is 2.47. The Morgan fingerprint density at radius 1 is 1.30 bits per heavy atom. The molecule has 2 atom stereocenters. The summed E-state index contributed by atoms with van der Waals surface area (Å²) in [5.41, 5.74) is 0.958. The summed E-state index contributed by atoms with van der Waals surface area (Å²) in [6.45, 7) is 0. The molecule has 1 aromatic rings. The van der Waals surface area contributed by atoms with Crippen LogP contribution >= 0.6 is 0 Å². The van der Waals surface area contributed by atoms with Crippen molar-refractivity contribution in [2.75, 3.05) is 19.5 Å². The zero-order chi connectivity index (χ0) is 14.5. The number of hydrogen-bond donors (Lipinski definition) is 2. The van der Waals surface area contributed by atoms with Crippen molar-refractivity contribution < 1.29 is 19.4 Å². The fourth-order valence-electron chi connectivity index (χ4n) is 2.70. The van der Waals surface area contributed by atoms with Crippen LogP contribution in [0, 0.1) is 0 Å². The van der Waals surface area contributed by atoms with Gasteiger partial charge in [-0.1, -0.05) is 12.8 Å². The minimum atomic E-state index is -0.942. The summed E-state index contributed by atoms with van der Waals surface area (Å²) in [5, 5.41) is 12.5. The highest BCUT2D eigenvalue weighted by Gasteiger charge is 2.25. The lowest BCUT2D eigenvalue weighted by Crippen LogP contribution is -2.37. The highest BCUT2D eigenvalue weighted by atomic mass is 16.5. The van der Waals surface area contributed by atoms with Crippen LogP contribution in [0.2, 0.25) is 0 Å². The van der Waals surface area contributed by atoms with Crippen LogP contribution in [-0.4, -0.2) is 37.4 Å². The van der Waals surface area contributed by atoms with E-state index in [1.807, 2.05) is 0 Å². The number of aromatic carboxylic acids is 1. The number of carbonyl (C=O) groups is 1. The lowest BCUT2D eigenvalue weighted by molar-refractivity contribution is 0.0605. The highest BCUT2D eigenvalue weighted by molar-refractivity contribution is 5.89. The molecule has 0 heterocycles. The molecule has 110 valence electrons. The standard InChI is InChI=1S/C15H21NO4/c1-19-13-6-4-3-5-11(13)16-12-9-10(15(17)18)7-8-14(12)20-2/h7-9,11,13,16H,3-6H2,1-2H3,(H,17,18). The summed E-state index contributed by atoms with van der Waals surface area (Å²) in [6, 6.07) is 5.02. The summed E-state index contributed by atoms with van der Waals surface area (Å²) >= 11 is 0. The fraction of sp³-hybridized carbons (Fsp3) is 0.533. The molecule has 0 amide bonds. The third-order valence-corrected chi connectivity index (χ3v) is 3.79. The summed E-state index contributed by atoms with van der Waals surface area (Å²) < 4.78 is 10.8. The zero-order valence-electron chi connectivity index (χ0n) is 11.9. The Bertz CT molecular complexity index is 475. The van der Waals surface area contributed by atoms with Gasteiger partial charge in [-0.2, -0.15) is 0 Å². The summed E-state index contributed by atoms with van der Waals surface area (Å²) in [7, 11) is 3.30. The molecule has 1 saturated carbocycles. The number of carboxylic acids is 1. The van der Waals surface area contributed by atoms with Crippen LogP contribution in [0.15, 0.2) is 18.2 Å². The van der Waals surface area contributed by atoms with E-state index < -0.39 is 5.97 Å². The van der Waals surface area contributed by atoms with Gasteiger partial charge in [-0.05, 0) is 31.0 Å². The lowest BCUT2D eigenvalue weighted by Gasteiger charge is -2.32. The first-order valence-corrected chi connectivity index (χ1v) is 6.86. The largest absolute Gasteiger partial charge is 0.495 e. The summed E-state index contributed by atoms with van der Waals surface area (Å²) in [6.07, 6.45) is 4.51. The Hall–Kier alpha value is -1.75. The Balaban J connectivity index is 2.21. The first kappa shape index (κ1) is 14.7. The van der Waals surface area contributed by atoms with E-state index >= 15 is 0 Å². The molecule has 5 nitrogen and oxygen atoms in total. The second kappa shape index (κ2) is 6.61. The van der Waals surface area contributed by atoms with Gasteiger partial charge >= 0.3 is 5.97 Å². The first-order chi connectivity index (χ1) is 9.65. The maximum atomic E-state index is 11.1. The molecule has 1 aliphatic rings. The molecule has 1 aliphatic carbocycles. The van der Waals surface area contributed by atoms with Gasteiger partial charge in [0, 0.05) is 7.11 Å². The molecule has 2 rings (SSSR count). The van der Waals surface area contributed by atoms with Gasteiger partial charge in [0.15, 0.2) is 0 Å². The maximum absolute atomic E-state index is 11.1. The zero-order valence-corrected chi connectivity index (χ0v) is 11.9. The van der Waals surface area contributed by atoms with Crippen molar-refractivity contribution >= 4 is 11.7 Å². The van der Waals surface area contributed by atoms with Crippen molar-refractivity contribution in [2.45, 2.75) is 37.8 Å². The average molecular weight is 279 g/mol. The predicted octanol–water partition coefficient (Wildman–Crippen LogP) is 2.76. The molecule has 1 aromatic carbocycles. The van der Waals surface area contributed by atoms with Crippen LogP contribution in [0.25, 0.3) is 0 Å². The monoisotopic (exact) mass is 279 g/mol. The molecule has 5 heteroatoms. The van der Waals surface area contributed by atoms with E-state index in [2.05, 4.69) is 5.32 Å². The molecule has 1 fully saturated rings. The number of nitrogens with one attached hydrogen (secondary N) is 1. The molecule has 20 heavy (non-hydrogen) atoms. The number of benzene rings is 1. The molecular formula is C15H21NO4. The lowest BCUT2D eigenvalue weighted by atomic mass is 9.92. The van der Waals surface area contributed by atoms with E-state index in [0.717, 1.165) is 19.3 Å². The van der Waals surface area contributed by atoms with Crippen LogP contribution in [0.5, 0.6) is 5.75 Å². The number of anilines is 1. The smallest absolute Gasteiger partial charge is 0.335 e. The van der Waals surface area contributed by atoms with Crippen molar-refractivity contribution in [3.63, 3.8) is 0 Å². The van der Waals surface area contributed by atoms with E-state index in [-0.39, 0.29) is 17.7 Å². The molecule has 2 N–H and O–H groups in total. The molecule has 0 bridgehead atoms. The van der Waals surface area contributed by atoms with Crippen molar-refractivity contribution in [3.05, 3.63) is 23.8 Å². The summed E-state index contributed by atoms with van der Waals surface area (Å²) in [4.78, 5) is 11.1. The topological polar surface area (TPSA) is 67.8 Å². The van der Waals surface area contributed by atoms with E-state index in [0.29, 0.717) is 11.4 Å². The van der Waals surface area contributed by atoms with Gasteiger partial charge in [-0.25, -0.2) is 4.79 Å². The van der Waals surface area contributed by atoms with Crippen molar-refractivity contribution in [1.29, 1.82) is 0 Å². The van der Waals surface area contributed by atoms with Crippen molar-refractivity contribution in [3.8, 4) is 5.75 Å². The van der Waals surface area contributed by atoms with Gasteiger partial charge in [0.25, 0.3) is 0 Å². The van der Waals surface area contributed by atoms with E-state index in [1.165, 1.54) is 6.42 Å². The van der Waals surface area contributed by atoms with Gasteiger partial charge in [0.2, 0.25) is 0 Å². The van der Waals surface area contributed by atoms with Crippen LogP contribution in [0.1, 0.15) is 36.0 Å². The molecule has 0 aromatic heterocycles. The van der Waals surface area contributed by atoms with Gasteiger partial charge in [-0.3, -0.25) is 0 Å². The minimum absolute atomic E-state index is 0.155. The maximum Gasteiger partial charge on any atom is 0.335 e. The number of methoxy groups -OCH3 is 2. The second-order valence-electron chi connectivity index (χ2n) is 5.03. The Labute approximate surface area is 118 Å². The van der Waals surface area contributed by atoms with Crippen LogP contribution in [0.4, 0.5) is 5.69 Å². The van der Waals surface area contributed by atoms with Crippen LogP contribution in [0.3, 0.4) is 0 Å². The molecule has 0 saturated heterocycles. The minimum Gasteiger partial charge on any atom is -0.495 e. The third-order valence-electron chi connectivity index (χ3n) is 3.79. The van der Waals surface area contributed by atoms with Crippen LogP contribution in [-0.2, 0) is 4.74 Å². The van der Waals surface area contributed by atoms with Gasteiger partial charge in [0.05, 0.1) is 30.5 Å². The summed E-state index contributed by atoms with van der Waals surface area (Å²) in [5.74, 6) is -0.293. The highest BCUT2D eigenvalue weighted by Crippen LogP contribution is 2.30. The Morgan fingerprint density at radius 3 is 2.70 bits per heavy atom. The second-order valence-corrected chi connectivity index (χ2v) is 5.03. The molecule has 0 radical (unpaired) electrons. The fourth-order valence-corrected chi connectivity index (χ4v) is 2.70. The van der Waals surface area contributed by atoms with Crippen molar-refractivity contribution in [1.82, 2.24) is 0 Å². The molecule has 0 spiro atoms. The van der Waals surface area contributed by atoms with E-state index in [1.54, 1.807) is 32.4 Å². The number of ether oxygens (including phenoxy) is 2. The SMILES string of the molecule is COc1ccc(C(=O)O)cc1NC1CCCCC1OC. The van der Waals surface area contributed by atoms with E-state index in [9.17, 15) is 4.79 Å². The molecular weight excluding hydrogens is 258 g/mol. The number of hydrogen-bond acceptors (Lipinski definition) is 4. The van der Waals surface area contributed by atoms with Gasteiger partial charge in [0.1, 0.15) is 5.75 Å². The molecule has 2 unspecified atom stereocenters. The van der Waals surface area contributed by atoms with Gasteiger partial charge in [-0.15, -0.1) is 0 Å². The molecule has 0 aliphatic heterocycles. The van der Waals surface area contributed by atoms with Crippen molar-refractivity contribution in [2.24, 2.45) is 0 Å². The van der Waals surface area contributed by atoms with E-state index in [4.69, 9.17) is 14.6 Å².